The van der Waals surface area contributed by atoms with Crippen LogP contribution in [0.5, 0.6) is 0 Å². The number of hydrogen-bond acceptors (Lipinski definition) is 3. The van der Waals surface area contributed by atoms with Crippen LogP contribution >= 0.6 is 0 Å². The van der Waals surface area contributed by atoms with Crippen LogP contribution in [-0.4, -0.2) is 25.2 Å². The molecule has 22 heavy (non-hydrogen) atoms. The predicted octanol–water partition coefficient (Wildman–Crippen LogP) is 1.53. The molecule has 2 aromatic heterocycles. The molecule has 0 spiro atoms. The van der Waals surface area contributed by atoms with E-state index in [-0.39, 0.29) is 12.2 Å². The number of aryl methyl sites for hydroxylation is 2. The number of benzene rings is 1. The van der Waals surface area contributed by atoms with Crippen LogP contribution in [-0.2, 0) is 24.3 Å². The zero-order chi connectivity index (χ0) is 15.5. The minimum atomic E-state index is -1.03. The van der Waals surface area contributed by atoms with E-state index in [0.29, 0.717) is 18.5 Å². The molecule has 0 saturated heterocycles. The Morgan fingerprint density at radius 2 is 1.68 bits per heavy atom. The SMILES string of the molecule is O=C(O)Cn1c(=O)n(CCc2ccncc2)c2ccccc21. The number of aliphatic carboxylic acids is 1. The number of hydrogen-bond donors (Lipinski definition) is 1. The summed E-state index contributed by atoms with van der Waals surface area (Å²) < 4.78 is 2.92. The molecule has 6 nitrogen and oxygen atoms in total. The number of aromatic nitrogens is 3. The third kappa shape index (κ3) is 2.63. The maximum Gasteiger partial charge on any atom is 0.329 e. The van der Waals surface area contributed by atoms with Crippen LogP contribution in [0.2, 0.25) is 0 Å². The number of pyridine rings is 1. The van der Waals surface area contributed by atoms with Gasteiger partial charge >= 0.3 is 11.7 Å². The second kappa shape index (κ2) is 5.85. The van der Waals surface area contributed by atoms with Crippen LogP contribution < -0.4 is 5.69 Å². The molecule has 0 atom stereocenters. The smallest absolute Gasteiger partial charge is 0.329 e. The second-order valence-electron chi connectivity index (χ2n) is 5.01. The van der Waals surface area contributed by atoms with Crippen LogP contribution in [0.1, 0.15) is 5.56 Å². The van der Waals surface area contributed by atoms with Crippen molar-refractivity contribution in [3.8, 4) is 0 Å². The monoisotopic (exact) mass is 297 g/mol. The van der Waals surface area contributed by atoms with Crippen molar-refractivity contribution in [2.75, 3.05) is 0 Å². The van der Waals surface area contributed by atoms with Crippen LogP contribution in [0, 0.1) is 0 Å². The Hall–Kier alpha value is -2.89. The van der Waals surface area contributed by atoms with Gasteiger partial charge in [-0.2, -0.15) is 0 Å². The molecule has 0 saturated carbocycles. The van der Waals surface area contributed by atoms with Gasteiger partial charge < -0.3 is 5.11 Å². The highest BCUT2D eigenvalue weighted by Crippen LogP contribution is 2.13. The summed E-state index contributed by atoms with van der Waals surface area (Å²) in [5.74, 6) is -1.03. The number of carbonyl (C=O) groups is 1. The number of imidazole rings is 1. The molecule has 2 heterocycles. The molecule has 6 heteroatoms. The number of nitrogens with zero attached hydrogens (tertiary/aromatic N) is 3. The fourth-order valence-electron chi connectivity index (χ4n) is 2.57. The van der Waals surface area contributed by atoms with E-state index in [9.17, 15) is 9.59 Å². The molecule has 0 radical (unpaired) electrons. The Morgan fingerprint density at radius 3 is 2.32 bits per heavy atom. The van der Waals surface area contributed by atoms with Crippen molar-refractivity contribution in [2.45, 2.75) is 19.5 Å². The minimum absolute atomic E-state index is 0.294. The molecule has 3 aromatic rings. The third-order valence-corrected chi connectivity index (χ3v) is 3.59. The van der Waals surface area contributed by atoms with Crippen LogP contribution in [0.3, 0.4) is 0 Å². The molecular weight excluding hydrogens is 282 g/mol. The van der Waals surface area contributed by atoms with Crippen molar-refractivity contribution < 1.29 is 9.90 Å². The molecule has 1 N–H and O–H groups in total. The zero-order valence-corrected chi connectivity index (χ0v) is 11.8. The van der Waals surface area contributed by atoms with Gasteiger partial charge in [0.25, 0.3) is 0 Å². The van der Waals surface area contributed by atoms with Gasteiger partial charge in [-0.3, -0.25) is 18.9 Å². The lowest BCUT2D eigenvalue weighted by atomic mass is 10.2. The first-order valence-corrected chi connectivity index (χ1v) is 6.95. The van der Waals surface area contributed by atoms with E-state index in [1.54, 1.807) is 29.1 Å². The highest BCUT2D eigenvalue weighted by atomic mass is 16.4. The lowest BCUT2D eigenvalue weighted by Crippen LogP contribution is -2.27. The molecule has 0 aliphatic carbocycles. The Balaban J connectivity index is 2.00. The van der Waals surface area contributed by atoms with Gasteiger partial charge in [0.05, 0.1) is 11.0 Å². The van der Waals surface area contributed by atoms with Gasteiger partial charge in [0.15, 0.2) is 0 Å². The summed E-state index contributed by atoms with van der Waals surface area (Å²) >= 11 is 0. The highest BCUT2D eigenvalue weighted by molar-refractivity contribution is 5.78. The molecule has 0 bridgehead atoms. The molecule has 112 valence electrons. The first-order valence-electron chi connectivity index (χ1n) is 6.95. The maximum atomic E-state index is 12.5. The molecule has 0 aliphatic heterocycles. The normalized spacial score (nSPS) is 10.9. The fourth-order valence-corrected chi connectivity index (χ4v) is 2.57. The van der Waals surface area contributed by atoms with E-state index in [4.69, 9.17) is 5.11 Å². The van der Waals surface area contributed by atoms with Gasteiger partial charge in [-0.25, -0.2) is 4.79 Å². The predicted molar refractivity (Wildman–Crippen MR) is 81.8 cm³/mol. The van der Waals surface area contributed by atoms with E-state index in [1.807, 2.05) is 24.3 Å². The standard InChI is InChI=1S/C16H15N3O3/c20-15(21)11-19-14-4-2-1-3-13(14)18(16(19)22)10-7-12-5-8-17-9-6-12/h1-6,8-9H,7,10-11H2,(H,20,21). The van der Waals surface area contributed by atoms with E-state index in [1.165, 1.54) is 4.57 Å². The van der Waals surface area contributed by atoms with Crippen molar-refractivity contribution >= 4 is 17.0 Å². The Kier molecular flexibility index (Phi) is 3.74. The second-order valence-corrected chi connectivity index (χ2v) is 5.01. The summed E-state index contributed by atoms with van der Waals surface area (Å²) in [6.45, 7) is 0.164. The summed E-state index contributed by atoms with van der Waals surface area (Å²) in [6, 6.07) is 11.1. The Morgan fingerprint density at radius 1 is 1.05 bits per heavy atom. The van der Waals surface area contributed by atoms with Gasteiger partial charge in [-0.1, -0.05) is 12.1 Å². The van der Waals surface area contributed by atoms with Crippen molar-refractivity contribution in [2.24, 2.45) is 0 Å². The largest absolute Gasteiger partial charge is 0.480 e. The average Bonchev–Trinajstić information content (AvgIpc) is 2.78. The minimum Gasteiger partial charge on any atom is -0.480 e. The van der Waals surface area contributed by atoms with Crippen LogP contribution in [0.15, 0.2) is 53.6 Å². The first-order chi connectivity index (χ1) is 10.7. The van der Waals surface area contributed by atoms with Crippen molar-refractivity contribution in [1.82, 2.24) is 14.1 Å². The number of para-hydroxylation sites is 2. The van der Waals surface area contributed by atoms with Gasteiger partial charge in [0.2, 0.25) is 0 Å². The summed E-state index contributed by atoms with van der Waals surface area (Å²) in [7, 11) is 0. The third-order valence-electron chi connectivity index (χ3n) is 3.59. The average molecular weight is 297 g/mol. The van der Waals surface area contributed by atoms with E-state index < -0.39 is 5.97 Å². The van der Waals surface area contributed by atoms with Crippen LogP contribution in [0.4, 0.5) is 0 Å². The molecule has 0 aliphatic rings. The van der Waals surface area contributed by atoms with Crippen LogP contribution in [0.25, 0.3) is 11.0 Å². The topological polar surface area (TPSA) is 77.1 Å². The Labute approximate surface area is 126 Å². The highest BCUT2D eigenvalue weighted by Gasteiger charge is 2.14. The van der Waals surface area contributed by atoms with Gasteiger partial charge in [-0.05, 0) is 36.2 Å². The van der Waals surface area contributed by atoms with Crippen molar-refractivity contribution in [3.05, 3.63) is 64.8 Å². The number of fused-ring (bicyclic) bond motifs is 1. The fraction of sp³-hybridized carbons (Fsp3) is 0.188. The van der Waals surface area contributed by atoms with Crippen molar-refractivity contribution in [3.63, 3.8) is 0 Å². The molecule has 0 unspecified atom stereocenters. The molecule has 0 fully saturated rings. The lowest BCUT2D eigenvalue weighted by molar-refractivity contribution is -0.137. The van der Waals surface area contributed by atoms with E-state index >= 15 is 0 Å². The number of carboxylic acid groups (broad SMARTS) is 1. The summed E-state index contributed by atoms with van der Waals surface area (Å²) in [6.07, 6.45) is 4.11. The molecule has 3 rings (SSSR count). The molecule has 1 aromatic carbocycles. The number of carboxylic acids is 1. The van der Waals surface area contributed by atoms with E-state index in [2.05, 4.69) is 4.98 Å². The summed E-state index contributed by atoms with van der Waals surface area (Å²) in [5.41, 5.74) is 2.18. The molecule has 0 amide bonds. The summed E-state index contributed by atoms with van der Waals surface area (Å²) in [4.78, 5) is 27.4. The van der Waals surface area contributed by atoms with E-state index in [0.717, 1.165) is 11.1 Å². The summed E-state index contributed by atoms with van der Waals surface area (Å²) in [5, 5.41) is 8.99. The van der Waals surface area contributed by atoms with Gasteiger partial charge in [0, 0.05) is 18.9 Å². The quantitative estimate of drug-likeness (QED) is 0.774. The Bertz CT molecular complexity index is 865. The maximum absolute atomic E-state index is 12.5. The lowest BCUT2D eigenvalue weighted by Gasteiger charge is -2.03. The molecular formula is C16H15N3O3. The zero-order valence-electron chi connectivity index (χ0n) is 11.8. The number of rotatable bonds is 5. The van der Waals surface area contributed by atoms with Gasteiger partial charge in [0.1, 0.15) is 6.54 Å². The first kappa shape index (κ1) is 14.1. The van der Waals surface area contributed by atoms with Gasteiger partial charge in [-0.15, -0.1) is 0 Å². The van der Waals surface area contributed by atoms with Crippen molar-refractivity contribution in [1.29, 1.82) is 0 Å².